The van der Waals surface area contributed by atoms with Gasteiger partial charge in [-0.3, -0.25) is 14.7 Å². The Morgan fingerprint density at radius 2 is 1.86 bits per heavy atom. The Bertz CT molecular complexity index is 1100. The van der Waals surface area contributed by atoms with Crippen LogP contribution in [0.4, 0.5) is 5.69 Å². The van der Waals surface area contributed by atoms with E-state index in [1.165, 1.54) is 23.9 Å². The first-order chi connectivity index (χ1) is 13.6. The minimum atomic E-state index is -0.401. The van der Waals surface area contributed by atoms with Gasteiger partial charge in [0.2, 0.25) is 5.82 Å². The zero-order valence-corrected chi connectivity index (χ0v) is 15.8. The minimum Gasteiger partial charge on any atom is -0.461 e. The van der Waals surface area contributed by atoms with Crippen molar-refractivity contribution in [1.29, 1.82) is 0 Å². The van der Waals surface area contributed by atoms with Gasteiger partial charge in [-0.2, -0.15) is 0 Å². The number of hydrogen-bond donors (Lipinski definition) is 0. The van der Waals surface area contributed by atoms with Gasteiger partial charge in [-0.15, -0.1) is 10.2 Å². The van der Waals surface area contributed by atoms with Gasteiger partial charge >= 0.3 is 0 Å². The second kappa shape index (κ2) is 7.69. The number of hydrogen-bond acceptors (Lipinski definition) is 6. The zero-order valence-electron chi connectivity index (χ0n) is 15.0. The van der Waals surface area contributed by atoms with Crippen molar-refractivity contribution >= 4 is 17.4 Å². The molecular formula is C20H16N4O3S. The van der Waals surface area contributed by atoms with Crippen molar-refractivity contribution in [2.45, 2.75) is 17.8 Å². The van der Waals surface area contributed by atoms with Gasteiger partial charge in [-0.05, 0) is 36.2 Å². The Balaban J connectivity index is 1.67. The molecule has 0 N–H and O–H groups in total. The fraction of sp³-hybridized carbons (Fsp3) is 0.100. The summed E-state index contributed by atoms with van der Waals surface area (Å²) in [5, 5.41) is 20.2. The van der Waals surface area contributed by atoms with Gasteiger partial charge < -0.3 is 4.42 Å². The maximum absolute atomic E-state index is 10.8. The van der Waals surface area contributed by atoms with Crippen LogP contribution in [0.5, 0.6) is 0 Å². The van der Waals surface area contributed by atoms with E-state index in [1.807, 2.05) is 47.9 Å². The Kier molecular flexibility index (Phi) is 4.94. The first-order valence-electron chi connectivity index (χ1n) is 8.55. The molecule has 2 heterocycles. The number of nitro groups is 1. The summed E-state index contributed by atoms with van der Waals surface area (Å²) in [6, 6.07) is 18.2. The molecule has 0 spiro atoms. The number of non-ortho nitro benzene ring substituents is 1. The Labute approximate surface area is 165 Å². The normalized spacial score (nSPS) is 10.9. The second-order valence-corrected chi connectivity index (χ2v) is 7.06. The van der Waals surface area contributed by atoms with E-state index in [-0.39, 0.29) is 5.69 Å². The molecule has 8 heteroatoms. The van der Waals surface area contributed by atoms with Gasteiger partial charge in [-0.25, -0.2) is 0 Å². The molecule has 0 aliphatic heterocycles. The van der Waals surface area contributed by atoms with Crippen LogP contribution in [0.25, 0.3) is 17.3 Å². The zero-order chi connectivity index (χ0) is 19.5. The summed E-state index contributed by atoms with van der Waals surface area (Å²) in [6.45, 7) is 2.03. The molecule has 0 aliphatic carbocycles. The SMILES string of the molecule is Cc1ccccc1-n1c(SCc2ccc([N+](=O)[O-])cc2)nnc1-c1ccco1. The lowest BCUT2D eigenvalue weighted by Gasteiger charge is -2.11. The topological polar surface area (TPSA) is 87.0 Å². The number of benzene rings is 2. The van der Waals surface area contributed by atoms with Crippen LogP contribution in [-0.4, -0.2) is 19.7 Å². The highest BCUT2D eigenvalue weighted by atomic mass is 32.2. The summed E-state index contributed by atoms with van der Waals surface area (Å²) in [6.07, 6.45) is 1.61. The highest BCUT2D eigenvalue weighted by Crippen LogP contribution is 2.31. The molecule has 140 valence electrons. The molecule has 2 aromatic heterocycles. The molecule has 0 fully saturated rings. The van der Waals surface area contributed by atoms with Gasteiger partial charge in [0.25, 0.3) is 5.69 Å². The first-order valence-corrected chi connectivity index (χ1v) is 9.53. The molecule has 0 radical (unpaired) electrons. The molecule has 0 aliphatic rings. The van der Waals surface area contributed by atoms with Crippen LogP contribution in [0.1, 0.15) is 11.1 Å². The summed E-state index contributed by atoms with van der Waals surface area (Å²) < 4.78 is 7.51. The van der Waals surface area contributed by atoms with Crippen molar-refractivity contribution in [3.05, 3.63) is 88.2 Å². The number of thioether (sulfide) groups is 1. The van der Waals surface area contributed by atoms with Crippen LogP contribution in [0, 0.1) is 17.0 Å². The first kappa shape index (κ1) is 18.0. The molecule has 4 rings (SSSR count). The second-order valence-electron chi connectivity index (χ2n) is 6.12. The van der Waals surface area contributed by atoms with Crippen molar-refractivity contribution in [2.24, 2.45) is 0 Å². The summed E-state index contributed by atoms with van der Waals surface area (Å²) in [7, 11) is 0. The number of furan rings is 1. The molecule has 7 nitrogen and oxygen atoms in total. The number of para-hydroxylation sites is 1. The largest absolute Gasteiger partial charge is 0.461 e. The van der Waals surface area contributed by atoms with Crippen molar-refractivity contribution < 1.29 is 9.34 Å². The maximum Gasteiger partial charge on any atom is 0.269 e. The van der Waals surface area contributed by atoms with E-state index in [9.17, 15) is 10.1 Å². The molecule has 0 bridgehead atoms. The van der Waals surface area contributed by atoms with Crippen LogP contribution in [0.15, 0.2) is 76.5 Å². The lowest BCUT2D eigenvalue weighted by molar-refractivity contribution is -0.384. The van der Waals surface area contributed by atoms with E-state index < -0.39 is 4.92 Å². The molecule has 0 atom stereocenters. The number of aromatic nitrogens is 3. The van der Waals surface area contributed by atoms with Crippen LogP contribution in [0.3, 0.4) is 0 Å². The lowest BCUT2D eigenvalue weighted by atomic mass is 10.2. The Morgan fingerprint density at radius 1 is 1.07 bits per heavy atom. The number of nitro benzene ring substituents is 1. The van der Waals surface area contributed by atoms with Crippen molar-refractivity contribution in [3.63, 3.8) is 0 Å². The fourth-order valence-electron chi connectivity index (χ4n) is 2.82. The molecule has 0 saturated carbocycles. The third kappa shape index (κ3) is 3.54. The van der Waals surface area contributed by atoms with Gasteiger partial charge in [0.15, 0.2) is 10.9 Å². The summed E-state index contributed by atoms with van der Waals surface area (Å²) in [5.41, 5.74) is 3.11. The standard InChI is InChI=1S/C20H16N4O3S/c1-14-5-2-3-6-17(14)23-19(18-7-4-12-27-18)21-22-20(23)28-13-15-8-10-16(11-9-15)24(25)26/h2-12H,13H2,1H3. The van der Waals surface area contributed by atoms with Crippen molar-refractivity contribution in [3.8, 4) is 17.3 Å². The molecule has 0 saturated heterocycles. The number of rotatable bonds is 6. The van der Waals surface area contributed by atoms with E-state index in [0.717, 1.165) is 22.0 Å². The predicted molar refractivity (Wildman–Crippen MR) is 106 cm³/mol. The van der Waals surface area contributed by atoms with Gasteiger partial charge in [0, 0.05) is 17.9 Å². The third-order valence-electron chi connectivity index (χ3n) is 4.25. The van der Waals surface area contributed by atoms with Crippen molar-refractivity contribution in [2.75, 3.05) is 0 Å². The molecule has 0 amide bonds. The third-order valence-corrected chi connectivity index (χ3v) is 5.25. The predicted octanol–water partition coefficient (Wildman–Crippen LogP) is 5.04. The average molecular weight is 392 g/mol. The summed E-state index contributed by atoms with van der Waals surface area (Å²) >= 11 is 1.51. The van der Waals surface area contributed by atoms with Crippen LogP contribution in [-0.2, 0) is 5.75 Å². The highest BCUT2D eigenvalue weighted by molar-refractivity contribution is 7.98. The monoisotopic (exact) mass is 392 g/mol. The van der Waals surface area contributed by atoms with Gasteiger partial charge in [0.05, 0.1) is 16.9 Å². The molecule has 28 heavy (non-hydrogen) atoms. The molecule has 0 unspecified atom stereocenters. The van der Waals surface area contributed by atoms with Crippen LogP contribution < -0.4 is 0 Å². The van der Waals surface area contributed by atoms with Crippen LogP contribution >= 0.6 is 11.8 Å². The number of nitrogens with zero attached hydrogens (tertiary/aromatic N) is 4. The summed E-state index contributed by atoms with van der Waals surface area (Å²) in [5.74, 6) is 1.88. The van der Waals surface area contributed by atoms with Crippen molar-refractivity contribution in [1.82, 2.24) is 14.8 Å². The molecule has 4 aromatic rings. The van der Waals surface area contributed by atoms with E-state index >= 15 is 0 Å². The summed E-state index contributed by atoms with van der Waals surface area (Å²) in [4.78, 5) is 10.4. The van der Waals surface area contributed by atoms with E-state index in [1.54, 1.807) is 18.4 Å². The van der Waals surface area contributed by atoms with Gasteiger partial charge in [0.1, 0.15) is 0 Å². The average Bonchev–Trinajstić information content (AvgIpc) is 3.37. The maximum atomic E-state index is 10.8. The number of aryl methyl sites for hydroxylation is 1. The van der Waals surface area contributed by atoms with Gasteiger partial charge in [-0.1, -0.05) is 42.1 Å². The quantitative estimate of drug-likeness (QED) is 0.260. The van der Waals surface area contributed by atoms with E-state index in [2.05, 4.69) is 10.2 Å². The van der Waals surface area contributed by atoms with E-state index in [0.29, 0.717) is 17.3 Å². The van der Waals surface area contributed by atoms with Crippen LogP contribution in [0.2, 0.25) is 0 Å². The molecule has 2 aromatic carbocycles. The minimum absolute atomic E-state index is 0.0805. The highest BCUT2D eigenvalue weighted by Gasteiger charge is 2.19. The Morgan fingerprint density at radius 3 is 2.54 bits per heavy atom. The fourth-order valence-corrected chi connectivity index (χ4v) is 3.72. The lowest BCUT2D eigenvalue weighted by Crippen LogP contribution is -2.01. The van der Waals surface area contributed by atoms with E-state index in [4.69, 9.17) is 4.42 Å². The smallest absolute Gasteiger partial charge is 0.269 e. The molecular weight excluding hydrogens is 376 g/mol. The Hall–Kier alpha value is -3.39.